The zero-order valence-corrected chi connectivity index (χ0v) is 16.6. The second-order valence-electron chi connectivity index (χ2n) is 5.08. The Morgan fingerprint density at radius 3 is 1.42 bits per heavy atom. The van der Waals surface area contributed by atoms with Crippen LogP contribution < -0.4 is 0 Å². The molecule has 0 aliphatic heterocycles. The molecule has 0 aliphatic carbocycles. The van der Waals surface area contributed by atoms with Crippen molar-refractivity contribution in [3.63, 3.8) is 0 Å². The van der Waals surface area contributed by atoms with Gasteiger partial charge in [-0.25, -0.2) is 9.97 Å². The van der Waals surface area contributed by atoms with E-state index in [1.807, 2.05) is 36.4 Å². The normalized spacial score (nSPS) is 10.9. The third-order valence-corrected chi connectivity index (χ3v) is 5.28. The van der Waals surface area contributed by atoms with Gasteiger partial charge in [0, 0.05) is 19.5 Å². The van der Waals surface area contributed by atoms with E-state index in [1.165, 1.54) is 0 Å². The number of hydrogen-bond acceptors (Lipinski definition) is 4. The summed E-state index contributed by atoms with van der Waals surface area (Å²) in [6.07, 6.45) is 3.53. The number of benzene rings is 1. The number of pyridine rings is 2. The van der Waals surface area contributed by atoms with Crippen LogP contribution in [0.4, 0.5) is 0 Å². The van der Waals surface area contributed by atoms with Crippen LogP contribution in [0.1, 0.15) is 0 Å². The standard InChI is InChI=1S/C18H10I2N4/c19-11-7-8-12(20)16-15(11)23-17(13-5-1-3-9-21-13)18(24-16)14-6-2-4-10-22-14/h1-10H. The largest absolute Gasteiger partial charge is 0.255 e. The summed E-state index contributed by atoms with van der Waals surface area (Å²) >= 11 is 4.59. The fourth-order valence-electron chi connectivity index (χ4n) is 2.44. The maximum absolute atomic E-state index is 4.90. The number of fused-ring (bicyclic) bond motifs is 1. The monoisotopic (exact) mass is 536 g/mol. The molecule has 3 aromatic heterocycles. The number of nitrogens with zero attached hydrogens (tertiary/aromatic N) is 4. The van der Waals surface area contributed by atoms with Gasteiger partial charge in [0.25, 0.3) is 0 Å². The second-order valence-corrected chi connectivity index (χ2v) is 7.40. The van der Waals surface area contributed by atoms with Crippen LogP contribution in [0.3, 0.4) is 0 Å². The van der Waals surface area contributed by atoms with Gasteiger partial charge in [-0.2, -0.15) is 0 Å². The second kappa shape index (κ2) is 6.67. The summed E-state index contributed by atoms with van der Waals surface area (Å²) in [7, 11) is 0. The number of hydrogen-bond donors (Lipinski definition) is 0. The van der Waals surface area contributed by atoms with Crippen LogP contribution in [0, 0.1) is 7.14 Å². The third kappa shape index (κ3) is 2.88. The molecule has 4 aromatic rings. The highest BCUT2D eigenvalue weighted by Gasteiger charge is 2.17. The van der Waals surface area contributed by atoms with Crippen molar-refractivity contribution in [2.45, 2.75) is 0 Å². The molecule has 24 heavy (non-hydrogen) atoms. The van der Waals surface area contributed by atoms with Gasteiger partial charge < -0.3 is 0 Å². The van der Waals surface area contributed by atoms with Gasteiger partial charge in [-0.1, -0.05) is 12.1 Å². The molecule has 0 atom stereocenters. The maximum atomic E-state index is 4.90. The number of halogens is 2. The Kier molecular flexibility index (Phi) is 4.40. The van der Waals surface area contributed by atoms with Crippen molar-refractivity contribution in [2.75, 3.05) is 0 Å². The molecule has 4 nitrogen and oxygen atoms in total. The zero-order valence-electron chi connectivity index (χ0n) is 12.3. The van der Waals surface area contributed by atoms with Crippen molar-refractivity contribution in [3.8, 4) is 22.8 Å². The van der Waals surface area contributed by atoms with E-state index in [0.29, 0.717) is 0 Å². The molecule has 1 aromatic carbocycles. The Labute approximate surface area is 166 Å². The van der Waals surface area contributed by atoms with E-state index >= 15 is 0 Å². The first kappa shape index (κ1) is 15.8. The summed E-state index contributed by atoms with van der Waals surface area (Å²) in [5.41, 5.74) is 4.87. The van der Waals surface area contributed by atoms with Gasteiger partial charge in [0.2, 0.25) is 0 Å². The van der Waals surface area contributed by atoms with Gasteiger partial charge in [0.15, 0.2) is 0 Å². The van der Waals surface area contributed by atoms with Crippen LogP contribution in [0.5, 0.6) is 0 Å². The lowest BCUT2D eigenvalue weighted by molar-refractivity contribution is 1.20. The van der Waals surface area contributed by atoms with Crippen LogP contribution in [-0.4, -0.2) is 19.9 Å². The molecule has 0 bridgehead atoms. The molecule has 116 valence electrons. The molecule has 0 spiro atoms. The zero-order chi connectivity index (χ0) is 16.5. The van der Waals surface area contributed by atoms with Crippen molar-refractivity contribution >= 4 is 56.2 Å². The van der Waals surface area contributed by atoms with Crippen molar-refractivity contribution in [1.82, 2.24) is 19.9 Å². The summed E-state index contributed by atoms with van der Waals surface area (Å²) in [6.45, 7) is 0. The molecule has 0 saturated carbocycles. The van der Waals surface area contributed by atoms with Crippen molar-refractivity contribution < 1.29 is 0 Å². The molecular formula is C18H10I2N4. The molecule has 6 heteroatoms. The highest BCUT2D eigenvalue weighted by molar-refractivity contribution is 14.1. The molecule has 0 saturated heterocycles. The predicted octanol–water partition coefficient (Wildman–Crippen LogP) is 4.96. The quantitative estimate of drug-likeness (QED) is 0.340. The minimum atomic E-state index is 0.752. The predicted molar refractivity (Wildman–Crippen MR) is 111 cm³/mol. The summed E-state index contributed by atoms with van der Waals surface area (Å²) in [5, 5.41) is 0. The Morgan fingerprint density at radius 1 is 0.583 bits per heavy atom. The lowest BCUT2D eigenvalue weighted by atomic mass is 10.1. The molecule has 0 radical (unpaired) electrons. The fourth-order valence-corrected chi connectivity index (χ4v) is 3.55. The van der Waals surface area contributed by atoms with Gasteiger partial charge in [0.05, 0.1) is 11.4 Å². The van der Waals surface area contributed by atoms with Gasteiger partial charge in [0.1, 0.15) is 22.4 Å². The van der Waals surface area contributed by atoms with Crippen molar-refractivity contribution in [3.05, 3.63) is 68.1 Å². The summed E-state index contributed by atoms with van der Waals surface area (Å²) < 4.78 is 2.14. The van der Waals surface area contributed by atoms with Gasteiger partial charge in [-0.15, -0.1) is 0 Å². The highest BCUT2D eigenvalue weighted by atomic mass is 127. The van der Waals surface area contributed by atoms with Crippen molar-refractivity contribution in [1.29, 1.82) is 0 Å². The molecule has 0 N–H and O–H groups in total. The van der Waals surface area contributed by atoms with Crippen LogP contribution in [0.25, 0.3) is 33.8 Å². The molecule has 0 unspecified atom stereocenters. The average Bonchev–Trinajstić information content (AvgIpc) is 2.65. The molecule has 0 amide bonds. The van der Waals surface area contributed by atoms with Crippen molar-refractivity contribution in [2.24, 2.45) is 0 Å². The Morgan fingerprint density at radius 2 is 1.04 bits per heavy atom. The van der Waals surface area contributed by atoms with E-state index < -0.39 is 0 Å². The van der Waals surface area contributed by atoms with Crippen LogP contribution in [0.2, 0.25) is 0 Å². The molecule has 0 fully saturated rings. The number of aromatic nitrogens is 4. The smallest absolute Gasteiger partial charge is 0.117 e. The van der Waals surface area contributed by atoms with E-state index in [2.05, 4.69) is 67.3 Å². The Balaban J connectivity index is 2.10. The van der Waals surface area contributed by atoms with E-state index in [4.69, 9.17) is 9.97 Å². The van der Waals surface area contributed by atoms with E-state index in [9.17, 15) is 0 Å². The topological polar surface area (TPSA) is 51.6 Å². The Bertz CT molecular complexity index is 937. The first-order valence-electron chi connectivity index (χ1n) is 7.22. The molecule has 4 rings (SSSR count). The maximum Gasteiger partial charge on any atom is 0.117 e. The van der Waals surface area contributed by atoms with E-state index in [-0.39, 0.29) is 0 Å². The lowest BCUT2D eigenvalue weighted by Gasteiger charge is -2.11. The van der Waals surface area contributed by atoms with E-state index in [0.717, 1.165) is 40.9 Å². The Hall–Kier alpha value is -1.68. The van der Waals surface area contributed by atoms with Gasteiger partial charge >= 0.3 is 0 Å². The molecular weight excluding hydrogens is 526 g/mol. The highest BCUT2D eigenvalue weighted by Crippen LogP contribution is 2.31. The van der Waals surface area contributed by atoms with Gasteiger partial charge in [-0.3, -0.25) is 9.97 Å². The summed E-state index contributed by atoms with van der Waals surface area (Å²) in [4.78, 5) is 18.7. The third-order valence-electron chi connectivity index (χ3n) is 3.54. The minimum Gasteiger partial charge on any atom is -0.255 e. The van der Waals surface area contributed by atoms with E-state index in [1.54, 1.807) is 12.4 Å². The SMILES string of the molecule is Ic1ccc(I)c2nc(-c3ccccn3)c(-c3ccccn3)nc12. The average molecular weight is 536 g/mol. The minimum absolute atomic E-state index is 0.752. The number of rotatable bonds is 2. The summed E-state index contributed by atoms with van der Waals surface area (Å²) in [6, 6.07) is 15.7. The first-order chi connectivity index (χ1) is 11.7. The van der Waals surface area contributed by atoms with Gasteiger partial charge in [-0.05, 0) is 81.6 Å². The first-order valence-corrected chi connectivity index (χ1v) is 9.38. The summed E-state index contributed by atoms with van der Waals surface area (Å²) in [5.74, 6) is 0. The molecule has 0 aliphatic rings. The van der Waals surface area contributed by atoms with Crippen LogP contribution in [0.15, 0.2) is 60.9 Å². The fraction of sp³-hybridized carbons (Fsp3) is 0. The van der Waals surface area contributed by atoms with Crippen LogP contribution >= 0.6 is 45.2 Å². The van der Waals surface area contributed by atoms with Crippen LogP contribution in [-0.2, 0) is 0 Å². The lowest BCUT2D eigenvalue weighted by Crippen LogP contribution is -2.00. The molecule has 3 heterocycles.